The molecule has 0 radical (unpaired) electrons. The summed E-state index contributed by atoms with van der Waals surface area (Å²) in [5, 5.41) is 0. The molecular weight excluding hydrogens is 250 g/mol. The second kappa shape index (κ2) is 3.60. The fourth-order valence-electron chi connectivity index (χ4n) is 2.45. The van der Waals surface area contributed by atoms with Gasteiger partial charge in [-0.1, -0.05) is 41.9 Å². The van der Waals surface area contributed by atoms with Crippen molar-refractivity contribution in [3.8, 4) is 0 Å². The van der Waals surface area contributed by atoms with Crippen molar-refractivity contribution in [1.82, 2.24) is 0 Å². The van der Waals surface area contributed by atoms with Gasteiger partial charge < -0.3 is 5.73 Å². The molecule has 1 fully saturated rings. The van der Waals surface area contributed by atoms with Crippen LogP contribution in [-0.4, -0.2) is 6.54 Å². The van der Waals surface area contributed by atoms with E-state index >= 15 is 0 Å². The van der Waals surface area contributed by atoms with E-state index in [1.54, 1.807) is 0 Å². The summed E-state index contributed by atoms with van der Waals surface area (Å²) in [5.74, 6) is 0. The van der Waals surface area contributed by atoms with Gasteiger partial charge in [0.15, 0.2) is 0 Å². The lowest BCUT2D eigenvalue weighted by atomic mass is 9.72. The quantitative estimate of drug-likeness (QED) is 0.892. The summed E-state index contributed by atoms with van der Waals surface area (Å²) >= 11 is 3.48. The topological polar surface area (TPSA) is 26.0 Å². The number of hydrogen-bond donors (Lipinski definition) is 1. The second-order valence-corrected chi connectivity index (χ2v) is 6.09. The van der Waals surface area contributed by atoms with Crippen LogP contribution in [0.25, 0.3) is 0 Å². The van der Waals surface area contributed by atoms with Crippen LogP contribution in [0.3, 0.4) is 0 Å². The molecule has 2 heteroatoms. The molecule has 0 saturated heterocycles. The molecule has 0 amide bonds. The Balaban J connectivity index is 2.34. The van der Waals surface area contributed by atoms with Crippen LogP contribution in [0.5, 0.6) is 0 Å². The lowest BCUT2D eigenvalue weighted by molar-refractivity contribution is 0.275. The molecule has 0 atom stereocenters. The predicted octanol–water partition coefficient (Wildman–Crippen LogP) is 3.47. The van der Waals surface area contributed by atoms with Gasteiger partial charge in [-0.15, -0.1) is 0 Å². The van der Waals surface area contributed by atoms with E-state index in [4.69, 9.17) is 5.73 Å². The summed E-state index contributed by atoms with van der Waals surface area (Å²) in [5.41, 5.74) is 7.88. The van der Waals surface area contributed by atoms with Gasteiger partial charge in [0.05, 0.1) is 0 Å². The predicted molar refractivity (Wildman–Crippen MR) is 67.9 cm³/mol. The van der Waals surface area contributed by atoms with Gasteiger partial charge in [-0.25, -0.2) is 0 Å². The zero-order valence-electron chi connectivity index (χ0n) is 9.39. The van der Waals surface area contributed by atoms with Crippen LogP contribution in [0.1, 0.15) is 32.3 Å². The van der Waals surface area contributed by atoms with Crippen LogP contribution in [0.2, 0.25) is 0 Å². The monoisotopic (exact) mass is 267 g/mol. The molecule has 1 aliphatic rings. The van der Waals surface area contributed by atoms with Crippen LogP contribution in [0.15, 0.2) is 28.7 Å². The summed E-state index contributed by atoms with van der Waals surface area (Å²) < 4.78 is 1.15. The number of benzene rings is 1. The van der Waals surface area contributed by atoms with Gasteiger partial charge in [-0.3, -0.25) is 0 Å². The number of hydrogen-bond acceptors (Lipinski definition) is 1. The molecular formula is C13H18BrN. The molecule has 0 heterocycles. The maximum Gasteiger partial charge on any atom is 0.0175 e. The third-order valence-corrected chi connectivity index (χ3v) is 4.48. The minimum Gasteiger partial charge on any atom is -0.330 e. The van der Waals surface area contributed by atoms with E-state index in [0.29, 0.717) is 5.41 Å². The highest BCUT2D eigenvalue weighted by atomic mass is 79.9. The van der Waals surface area contributed by atoms with Crippen molar-refractivity contribution in [3.63, 3.8) is 0 Å². The summed E-state index contributed by atoms with van der Waals surface area (Å²) in [6.45, 7) is 5.31. The SMILES string of the molecule is CC(C)(CN)C1(c2ccc(Br)cc2)CC1. The number of rotatable bonds is 3. The Morgan fingerprint density at radius 3 is 2.20 bits per heavy atom. The molecule has 1 aromatic rings. The third-order valence-electron chi connectivity index (χ3n) is 3.95. The van der Waals surface area contributed by atoms with Gasteiger partial charge in [-0.05, 0) is 42.5 Å². The van der Waals surface area contributed by atoms with Crippen LogP contribution >= 0.6 is 15.9 Å². The first-order valence-electron chi connectivity index (χ1n) is 5.48. The first-order chi connectivity index (χ1) is 7.02. The number of nitrogens with two attached hydrogens (primary N) is 1. The molecule has 0 aliphatic heterocycles. The minimum atomic E-state index is 0.209. The van der Waals surface area contributed by atoms with Crippen molar-refractivity contribution in [1.29, 1.82) is 0 Å². The van der Waals surface area contributed by atoms with Gasteiger partial charge in [0.1, 0.15) is 0 Å². The Morgan fingerprint density at radius 2 is 1.80 bits per heavy atom. The Kier molecular flexibility index (Phi) is 2.68. The molecule has 1 aromatic carbocycles. The fraction of sp³-hybridized carbons (Fsp3) is 0.538. The Bertz CT molecular complexity index is 349. The van der Waals surface area contributed by atoms with E-state index in [2.05, 4.69) is 54.0 Å². The summed E-state index contributed by atoms with van der Waals surface area (Å²) in [6.07, 6.45) is 2.55. The minimum absolute atomic E-state index is 0.209. The molecule has 1 saturated carbocycles. The van der Waals surface area contributed by atoms with E-state index in [1.165, 1.54) is 18.4 Å². The van der Waals surface area contributed by atoms with Gasteiger partial charge in [0.25, 0.3) is 0 Å². The summed E-state index contributed by atoms with van der Waals surface area (Å²) in [6, 6.07) is 8.72. The van der Waals surface area contributed by atoms with Gasteiger partial charge in [-0.2, -0.15) is 0 Å². The van der Waals surface area contributed by atoms with Crippen molar-refractivity contribution in [3.05, 3.63) is 34.3 Å². The lowest BCUT2D eigenvalue weighted by Crippen LogP contribution is -2.36. The van der Waals surface area contributed by atoms with E-state index < -0.39 is 0 Å². The standard InChI is InChI=1S/C13H18BrN/c1-12(2,9-15)13(7-8-13)10-3-5-11(14)6-4-10/h3-6H,7-9,15H2,1-2H3. The largest absolute Gasteiger partial charge is 0.330 e. The highest BCUT2D eigenvalue weighted by molar-refractivity contribution is 9.10. The molecule has 15 heavy (non-hydrogen) atoms. The molecule has 0 unspecified atom stereocenters. The van der Waals surface area contributed by atoms with Gasteiger partial charge in [0.2, 0.25) is 0 Å². The first kappa shape index (κ1) is 11.2. The van der Waals surface area contributed by atoms with Crippen LogP contribution in [-0.2, 0) is 5.41 Å². The zero-order chi connectivity index (χ0) is 11.1. The fourth-order valence-corrected chi connectivity index (χ4v) is 2.71. The highest BCUT2D eigenvalue weighted by Gasteiger charge is 2.54. The highest BCUT2D eigenvalue weighted by Crippen LogP contribution is 2.59. The summed E-state index contributed by atoms with van der Waals surface area (Å²) in [4.78, 5) is 0. The Morgan fingerprint density at radius 1 is 1.27 bits per heavy atom. The van der Waals surface area contributed by atoms with Gasteiger partial charge >= 0.3 is 0 Å². The van der Waals surface area contributed by atoms with Crippen molar-refractivity contribution in [2.45, 2.75) is 32.1 Å². The maximum atomic E-state index is 5.89. The van der Waals surface area contributed by atoms with Crippen molar-refractivity contribution >= 4 is 15.9 Å². The normalized spacial score (nSPS) is 18.9. The Hall–Kier alpha value is -0.340. The lowest BCUT2D eigenvalue weighted by Gasteiger charge is -2.34. The summed E-state index contributed by atoms with van der Waals surface area (Å²) in [7, 11) is 0. The second-order valence-electron chi connectivity index (χ2n) is 5.18. The molecule has 1 nitrogen and oxygen atoms in total. The molecule has 2 rings (SSSR count). The van der Waals surface area contributed by atoms with Crippen molar-refractivity contribution in [2.24, 2.45) is 11.1 Å². The van der Waals surface area contributed by atoms with Gasteiger partial charge in [0, 0.05) is 9.89 Å². The van der Waals surface area contributed by atoms with Crippen LogP contribution < -0.4 is 5.73 Å². The molecule has 1 aliphatic carbocycles. The van der Waals surface area contributed by atoms with E-state index in [0.717, 1.165) is 11.0 Å². The third kappa shape index (κ3) is 1.74. The van der Waals surface area contributed by atoms with Crippen LogP contribution in [0, 0.1) is 5.41 Å². The molecule has 0 aromatic heterocycles. The average Bonchev–Trinajstić information content (AvgIpc) is 3.00. The van der Waals surface area contributed by atoms with E-state index in [-0.39, 0.29) is 5.41 Å². The molecule has 0 bridgehead atoms. The average molecular weight is 268 g/mol. The van der Waals surface area contributed by atoms with E-state index in [9.17, 15) is 0 Å². The first-order valence-corrected chi connectivity index (χ1v) is 6.27. The molecule has 0 spiro atoms. The van der Waals surface area contributed by atoms with E-state index in [1.807, 2.05) is 0 Å². The number of halogens is 1. The molecule has 2 N–H and O–H groups in total. The van der Waals surface area contributed by atoms with Crippen LogP contribution in [0.4, 0.5) is 0 Å². The maximum absolute atomic E-state index is 5.89. The zero-order valence-corrected chi connectivity index (χ0v) is 11.0. The van der Waals surface area contributed by atoms with Crippen molar-refractivity contribution < 1.29 is 0 Å². The van der Waals surface area contributed by atoms with Crippen molar-refractivity contribution in [2.75, 3.05) is 6.54 Å². The smallest absolute Gasteiger partial charge is 0.0175 e. The Labute approximate surface area is 100 Å². The molecule has 82 valence electrons.